The molecular weight excluding hydrogens is 274 g/mol. The van der Waals surface area contributed by atoms with Gasteiger partial charge in [0, 0.05) is 24.3 Å². The van der Waals surface area contributed by atoms with Gasteiger partial charge in [-0.05, 0) is 25.7 Å². The number of amides is 2. The van der Waals surface area contributed by atoms with Gasteiger partial charge in [0.25, 0.3) is 0 Å². The summed E-state index contributed by atoms with van der Waals surface area (Å²) in [5.41, 5.74) is 1.69. The quantitative estimate of drug-likeness (QED) is 0.909. The summed E-state index contributed by atoms with van der Waals surface area (Å²) in [5.74, 6) is 0.514. The predicted octanol–water partition coefficient (Wildman–Crippen LogP) is 2.46. The lowest BCUT2D eigenvalue weighted by Crippen LogP contribution is -2.33. The van der Waals surface area contributed by atoms with Gasteiger partial charge in [0.15, 0.2) is 0 Å². The van der Waals surface area contributed by atoms with Crippen LogP contribution in [0.3, 0.4) is 0 Å². The summed E-state index contributed by atoms with van der Waals surface area (Å²) in [6.07, 6.45) is 5.69. The van der Waals surface area contributed by atoms with E-state index in [1.165, 1.54) is 0 Å². The van der Waals surface area contributed by atoms with Crippen LogP contribution in [0.5, 0.6) is 0 Å². The van der Waals surface area contributed by atoms with E-state index in [9.17, 15) is 4.79 Å². The Hall–Kier alpha value is -1.89. The summed E-state index contributed by atoms with van der Waals surface area (Å²) in [6, 6.07) is -0.187. The largest absolute Gasteiger partial charge is 0.328 e. The maximum Gasteiger partial charge on any atom is 0.319 e. The minimum Gasteiger partial charge on any atom is -0.328 e. The Balaban J connectivity index is 1.66. The molecule has 1 fully saturated rings. The number of anilines is 1. The van der Waals surface area contributed by atoms with Crippen LogP contribution in [-0.2, 0) is 7.05 Å². The van der Waals surface area contributed by atoms with Crippen LogP contribution in [0.15, 0.2) is 17.8 Å². The predicted molar refractivity (Wildman–Crippen MR) is 77.7 cm³/mol. The van der Waals surface area contributed by atoms with E-state index in [0.717, 1.165) is 23.5 Å². The van der Waals surface area contributed by atoms with Crippen LogP contribution in [0.1, 0.15) is 29.6 Å². The number of aryl methyl sites for hydroxylation is 2. The molecule has 20 heavy (non-hydrogen) atoms. The number of nitrogens with zero attached hydrogens (tertiary/aromatic N) is 3. The van der Waals surface area contributed by atoms with Crippen molar-refractivity contribution >= 4 is 23.1 Å². The number of carbonyl (C=O) groups excluding carboxylic acids is 1. The standard InChI is InChI=1S/C13H17N5OS/c1-8-7-20-12(15-8)11(9-3-4-9)17-13(19)16-10-5-14-18(2)6-10/h5-7,9,11H,3-4H2,1-2H3,(H2,16,17,19)/t11-/m0/s1. The zero-order valence-electron chi connectivity index (χ0n) is 11.5. The summed E-state index contributed by atoms with van der Waals surface area (Å²) < 4.78 is 1.65. The molecule has 1 atom stereocenters. The Morgan fingerprint density at radius 1 is 1.55 bits per heavy atom. The zero-order chi connectivity index (χ0) is 14.1. The molecule has 3 rings (SSSR count). The first kappa shape index (κ1) is 13.1. The Morgan fingerprint density at radius 3 is 2.90 bits per heavy atom. The van der Waals surface area contributed by atoms with Crippen molar-refractivity contribution in [3.8, 4) is 0 Å². The van der Waals surface area contributed by atoms with E-state index in [1.54, 1.807) is 28.4 Å². The molecule has 1 aliphatic carbocycles. The normalized spacial score (nSPS) is 15.9. The maximum absolute atomic E-state index is 12.1. The van der Waals surface area contributed by atoms with E-state index >= 15 is 0 Å². The van der Waals surface area contributed by atoms with Crippen LogP contribution in [-0.4, -0.2) is 20.8 Å². The van der Waals surface area contributed by atoms with Gasteiger partial charge in [-0.1, -0.05) is 0 Å². The summed E-state index contributed by atoms with van der Waals surface area (Å²) in [7, 11) is 1.81. The van der Waals surface area contributed by atoms with E-state index < -0.39 is 0 Å². The van der Waals surface area contributed by atoms with E-state index in [4.69, 9.17) is 0 Å². The summed E-state index contributed by atoms with van der Waals surface area (Å²) in [6.45, 7) is 1.97. The molecule has 0 spiro atoms. The van der Waals surface area contributed by atoms with E-state index in [0.29, 0.717) is 11.6 Å². The molecule has 2 N–H and O–H groups in total. The van der Waals surface area contributed by atoms with Crippen molar-refractivity contribution in [3.05, 3.63) is 28.5 Å². The number of rotatable bonds is 4. The average Bonchev–Trinajstić information content (AvgIpc) is 3.03. The summed E-state index contributed by atoms with van der Waals surface area (Å²) >= 11 is 1.61. The van der Waals surface area contributed by atoms with Gasteiger partial charge in [0.2, 0.25) is 0 Å². The number of carbonyl (C=O) groups is 1. The number of thiazole rings is 1. The topological polar surface area (TPSA) is 71.8 Å². The van der Waals surface area contributed by atoms with Gasteiger partial charge in [-0.3, -0.25) is 4.68 Å². The highest BCUT2D eigenvalue weighted by Crippen LogP contribution is 2.41. The number of hydrogen-bond acceptors (Lipinski definition) is 4. The average molecular weight is 291 g/mol. The molecule has 6 nitrogen and oxygen atoms in total. The fraction of sp³-hybridized carbons (Fsp3) is 0.462. The van der Waals surface area contributed by atoms with Gasteiger partial charge in [0.05, 0.1) is 17.9 Å². The molecular formula is C13H17N5OS. The Kier molecular flexibility index (Phi) is 3.43. The zero-order valence-corrected chi connectivity index (χ0v) is 12.3. The molecule has 0 aromatic carbocycles. The first-order valence-electron chi connectivity index (χ1n) is 6.60. The molecule has 0 aliphatic heterocycles. The summed E-state index contributed by atoms with van der Waals surface area (Å²) in [5, 5.41) is 12.9. The summed E-state index contributed by atoms with van der Waals surface area (Å²) in [4.78, 5) is 16.6. The van der Waals surface area contributed by atoms with Gasteiger partial charge in [-0.15, -0.1) is 11.3 Å². The molecule has 1 saturated carbocycles. The number of urea groups is 1. The third-order valence-electron chi connectivity index (χ3n) is 3.25. The highest BCUT2D eigenvalue weighted by Gasteiger charge is 2.35. The lowest BCUT2D eigenvalue weighted by atomic mass is 10.2. The van der Waals surface area contributed by atoms with Crippen LogP contribution in [0.2, 0.25) is 0 Å². The van der Waals surface area contributed by atoms with Gasteiger partial charge < -0.3 is 10.6 Å². The third-order valence-corrected chi connectivity index (χ3v) is 4.29. The lowest BCUT2D eigenvalue weighted by Gasteiger charge is -2.15. The first-order valence-corrected chi connectivity index (χ1v) is 7.48. The Morgan fingerprint density at radius 2 is 2.35 bits per heavy atom. The molecule has 2 aromatic heterocycles. The number of aromatic nitrogens is 3. The Bertz CT molecular complexity index is 616. The first-order chi connectivity index (χ1) is 9.61. The van der Waals surface area contributed by atoms with Crippen molar-refractivity contribution in [2.24, 2.45) is 13.0 Å². The number of hydrogen-bond donors (Lipinski definition) is 2. The van der Waals surface area contributed by atoms with Gasteiger partial charge in [-0.2, -0.15) is 5.10 Å². The van der Waals surface area contributed by atoms with E-state index in [2.05, 4.69) is 20.7 Å². The molecule has 0 bridgehead atoms. The monoisotopic (exact) mass is 291 g/mol. The SMILES string of the molecule is Cc1csc([C@@H](NC(=O)Nc2cnn(C)c2)C2CC2)n1. The van der Waals surface area contributed by atoms with Crippen LogP contribution >= 0.6 is 11.3 Å². The molecule has 106 valence electrons. The third kappa shape index (κ3) is 2.98. The highest BCUT2D eigenvalue weighted by molar-refractivity contribution is 7.09. The van der Waals surface area contributed by atoms with Crippen molar-refractivity contribution in [1.82, 2.24) is 20.1 Å². The maximum atomic E-state index is 12.1. The lowest BCUT2D eigenvalue weighted by molar-refractivity contribution is 0.247. The van der Waals surface area contributed by atoms with Gasteiger partial charge >= 0.3 is 6.03 Å². The van der Waals surface area contributed by atoms with Crippen LogP contribution in [0, 0.1) is 12.8 Å². The second kappa shape index (κ2) is 5.24. The van der Waals surface area contributed by atoms with Crippen LogP contribution in [0.4, 0.5) is 10.5 Å². The second-order valence-electron chi connectivity index (χ2n) is 5.14. The van der Waals surface area contributed by atoms with Gasteiger partial charge in [0.1, 0.15) is 5.01 Å². The molecule has 1 aliphatic rings. The minimum absolute atomic E-state index is 0.0189. The smallest absolute Gasteiger partial charge is 0.319 e. The molecule has 0 unspecified atom stereocenters. The molecule has 2 amide bonds. The van der Waals surface area contributed by atoms with Crippen molar-refractivity contribution in [3.63, 3.8) is 0 Å². The van der Waals surface area contributed by atoms with Crippen molar-refractivity contribution < 1.29 is 4.79 Å². The van der Waals surface area contributed by atoms with Crippen molar-refractivity contribution in [2.75, 3.05) is 5.32 Å². The van der Waals surface area contributed by atoms with Crippen molar-refractivity contribution in [2.45, 2.75) is 25.8 Å². The molecule has 0 saturated heterocycles. The number of nitrogens with one attached hydrogen (secondary N) is 2. The van der Waals surface area contributed by atoms with E-state index in [-0.39, 0.29) is 12.1 Å². The van der Waals surface area contributed by atoms with Crippen LogP contribution < -0.4 is 10.6 Å². The molecule has 2 heterocycles. The second-order valence-corrected chi connectivity index (χ2v) is 6.03. The van der Waals surface area contributed by atoms with Gasteiger partial charge in [-0.25, -0.2) is 9.78 Å². The molecule has 0 radical (unpaired) electrons. The van der Waals surface area contributed by atoms with E-state index in [1.807, 2.05) is 19.4 Å². The fourth-order valence-corrected chi connectivity index (χ4v) is 3.06. The fourth-order valence-electron chi connectivity index (χ4n) is 2.12. The van der Waals surface area contributed by atoms with Crippen LogP contribution in [0.25, 0.3) is 0 Å². The Labute approximate surface area is 121 Å². The van der Waals surface area contributed by atoms with Crippen molar-refractivity contribution in [1.29, 1.82) is 0 Å². The molecule has 7 heteroatoms. The minimum atomic E-state index is -0.206. The highest BCUT2D eigenvalue weighted by atomic mass is 32.1. The molecule has 2 aromatic rings.